The van der Waals surface area contributed by atoms with Crippen LogP contribution in [0.4, 0.5) is 0 Å². The Morgan fingerprint density at radius 1 is 1.50 bits per heavy atom. The number of thiocarbonyl (C=S) groups is 1. The van der Waals surface area contributed by atoms with Crippen molar-refractivity contribution in [3.05, 3.63) is 0 Å². The van der Waals surface area contributed by atoms with Crippen LogP contribution in [0.15, 0.2) is 0 Å². The summed E-state index contributed by atoms with van der Waals surface area (Å²) in [4.78, 5) is 14.6. The second-order valence-electron chi connectivity index (χ2n) is 4.56. The number of hydrogen-bond acceptors (Lipinski definition) is 3. The van der Waals surface area contributed by atoms with Crippen LogP contribution < -0.4 is 5.73 Å². The maximum atomic E-state index is 12.3. The van der Waals surface area contributed by atoms with Crippen molar-refractivity contribution in [2.24, 2.45) is 11.7 Å². The summed E-state index contributed by atoms with van der Waals surface area (Å²) in [7, 11) is 0. The molecule has 2 N–H and O–H groups in total. The number of carbonyl (C=O) groups is 1. The van der Waals surface area contributed by atoms with Crippen LogP contribution in [0.1, 0.15) is 26.2 Å². The van der Waals surface area contributed by atoms with Crippen molar-refractivity contribution in [2.45, 2.75) is 38.3 Å². The van der Waals surface area contributed by atoms with Crippen molar-refractivity contribution < 1.29 is 9.53 Å². The van der Waals surface area contributed by atoms with Gasteiger partial charge in [0.25, 0.3) is 0 Å². The maximum absolute atomic E-state index is 12.3. The Bertz CT molecular complexity index is 308. The lowest BCUT2D eigenvalue weighted by molar-refractivity contribution is -0.136. The molecule has 4 nitrogen and oxygen atoms in total. The van der Waals surface area contributed by atoms with E-state index < -0.39 is 0 Å². The molecule has 5 heteroatoms. The monoisotopic (exact) mass is 242 g/mol. The van der Waals surface area contributed by atoms with Gasteiger partial charge in [0.15, 0.2) is 0 Å². The number of amides is 1. The van der Waals surface area contributed by atoms with E-state index in [2.05, 4.69) is 0 Å². The highest BCUT2D eigenvalue weighted by molar-refractivity contribution is 7.80. The molecule has 1 amide bonds. The van der Waals surface area contributed by atoms with Crippen molar-refractivity contribution in [1.29, 1.82) is 0 Å². The second-order valence-corrected chi connectivity index (χ2v) is 5.03. The van der Waals surface area contributed by atoms with Crippen LogP contribution >= 0.6 is 12.2 Å². The lowest BCUT2D eigenvalue weighted by Crippen LogP contribution is -2.46. The number of ether oxygens (including phenoxy) is 1. The minimum atomic E-state index is -0.0321. The predicted octanol–water partition coefficient (Wildman–Crippen LogP) is 0.689. The van der Waals surface area contributed by atoms with E-state index in [1.165, 1.54) is 0 Å². The van der Waals surface area contributed by atoms with E-state index in [0.717, 1.165) is 25.8 Å². The highest BCUT2D eigenvalue weighted by Crippen LogP contribution is 2.27. The fourth-order valence-electron chi connectivity index (χ4n) is 2.60. The standard InChI is InChI=1S/C11H18N2O2S/c1-7-8(4-6-15-7)11(14)13-5-2-3-9(13)10(12)16/h7-9H,2-6H2,1H3,(H2,12,16). The SMILES string of the molecule is CC1OCCC1C(=O)N1CCCC1C(N)=S. The van der Waals surface area contributed by atoms with Gasteiger partial charge in [-0.15, -0.1) is 0 Å². The maximum Gasteiger partial charge on any atom is 0.228 e. The molecular formula is C11H18N2O2S. The zero-order valence-electron chi connectivity index (χ0n) is 9.52. The number of hydrogen-bond donors (Lipinski definition) is 1. The Kier molecular flexibility index (Phi) is 3.44. The summed E-state index contributed by atoms with van der Waals surface area (Å²) in [6.07, 6.45) is 2.75. The van der Waals surface area contributed by atoms with Crippen molar-refractivity contribution in [1.82, 2.24) is 4.90 Å². The molecule has 0 radical (unpaired) electrons. The molecular weight excluding hydrogens is 224 g/mol. The van der Waals surface area contributed by atoms with Crippen molar-refractivity contribution >= 4 is 23.1 Å². The Hall–Kier alpha value is -0.680. The summed E-state index contributed by atoms with van der Waals surface area (Å²) in [5, 5.41) is 0. The van der Waals surface area contributed by atoms with Gasteiger partial charge in [-0.3, -0.25) is 4.79 Å². The van der Waals surface area contributed by atoms with E-state index in [4.69, 9.17) is 22.7 Å². The van der Waals surface area contributed by atoms with Crippen molar-refractivity contribution in [2.75, 3.05) is 13.2 Å². The largest absolute Gasteiger partial charge is 0.392 e. The molecule has 2 aliphatic heterocycles. The third-order valence-electron chi connectivity index (χ3n) is 3.56. The summed E-state index contributed by atoms with van der Waals surface area (Å²) in [5.74, 6) is 0.162. The van der Waals surface area contributed by atoms with Crippen LogP contribution in [0.3, 0.4) is 0 Å². The molecule has 2 fully saturated rings. The van der Waals surface area contributed by atoms with Crippen molar-refractivity contribution in [3.63, 3.8) is 0 Å². The van der Waals surface area contributed by atoms with Gasteiger partial charge in [-0.25, -0.2) is 0 Å². The zero-order chi connectivity index (χ0) is 11.7. The topological polar surface area (TPSA) is 55.6 Å². The molecule has 0 bridgehead atoms. The molecule has 2 rings (SSSR count). The molecule has 2 aliphatic rings. The third-order valence-corrected chi connectivity index (χ3v) is 3.83. The van der Waals surface area contributed by atoms with Crippen LogP contribution in [0.2, 0.25) is 0 Å². The minimum absolute atomic E-state index is 0.00468. The molecule has 0 aromatic heterocycles. The molecule has 90 valence electrons. The summed E-state index contributed by atoms with van der Waals surface area (Å²) in [6.45, 7) is 3.43. The van der Waals surface area contributed by atoms with E-state index in [1.807, 2.05) is 11.8 Å². The lowest BCUT2D eigenvalue weighted by atomic mass is 10.0. The van der Waals surface area contributed by atoms with Gasteiger partial charge >= 0.3 is 0 Å². The number of nitrogens with zero attached hydrogens (tertiary/aromatic N) is 1. The first-order chi connectivity index (χ1) is 7.61. The molecule has 2 heterocycles. The first-order valence-electron chi connectivity index (χ1n) is 5.82. The lowest BCUT2D eigenvalue weighted by Gasteiger charge is -2.27. The highest BCUT2D eigenvalue weighted by Gasteiger charge is 2.38. The molecule has 0 aliphatic carbocycles. The smallest absolute Gasteiger partial charge is 0.228 e. The van der Waals surface area contributed by atoms with Crippen molar-refractivity contribution in [3.8, 4) is 0 Å². The van der Waals surface area contributed by atoms with Crippen LogP contribution in [-0.4, -0.2) is 41.1 Å². The van der Waals surface area contributed by atoms with Crippen LogP contribution in [0, 0.1) is 5.92 Å². The minimum Gasteiger partial charge on any atom is -0.392 e. The Balaban J connectivity index is 2.06. The van der Waals surface area contributed by atoms with Gasteiger partial charge in [0.1, 0.15) is 0 Å². The molecule has 0 aromatic carbocycles. The zero-order valence-corrected chi connectivity index (χ0v) is 10.3. The summed E-state index contributed by atoms with van der Waals surface area (Å²) in [6, 6.07) is -0.0321. The summed E-state index contributed by atoms with van der Waals surface area (Å²) < 4.78 is 5.43. The highest BCUT2D eigenvalue weighted by atomic mass is 32.1. The number of carbonyl (C=O) groups excluding carboxylic acids is 1. The number of rotatable bonds is 2. The van der Waals surface area contributed by atoms with E-state index in [9.17, 15) is 4.79 Å². The molecule has 0 spiro atoms. The molecule has 3 unspecified atom stereocenters. The fraction of sp³-hybridized carbons (Fsp3) is 0.818. The molecule has 0 aromatic rings. The normalized spacial score (nSPS) is 34.3. The van der Waals surface area contributed by atoms with Gasteiger partial charge < -0.3 is 15.4 Å². The Morgan fingerprint density at radius 3 is 2.81 bits per heavy atom. The molecule has 0 saturated carbocycles. The van der Waals surface area contributed by atoms with E-state index >= 15 is 0 Å². The summed E-state index contributed by atoms with van der Waals surface area (Å²) >= 11 is 5.01. The quantitative estimate of drug-likeness (QED) is 0.724. The average Bonchev–Trinajstić information content (AvgIpc) is 2.84. The average molecular weight is 242 g/mol. The molecule has 3 atom stereocenters. The fourth-order valence-corrected chi connectivity index (χ4v) is 2.84. The van der Waals surface area contributed by atoms with Crippen LogP contribution in [-0.2, 0) is 9.53 Å². The first kappa shape index (κ1) is 11.8. The van der Waals surface area contributed by atoms with E-state index in [0.29, 0.717) is 11.6 Å². The predicted molar refractivity (Wildman–Crippen MR) is 65.0 cm³/mol. The Morgan fingerprint density at radius 2 is 2.25 bits per heavy atom. The molecule has 2 saturated heterocycles. The van der Waals surface area contributed by atoms with Crippen LogP contribution in [0.5, 0.6) is 0 Å². The Labute approximate surface area is 101 Å². The van der Waals surface area contributed by atoms with E-state index in [-0.39, 0.29) is 24.0 Å². The number of likely N-dealkylation sites (tertiary alicyclic amines) is 1. The first-order valence-corrected chi connectivity index (χ1v) is 6.23. The second kappa shape index (κ2) is 4.67. The summed E-state index contributed by atoms with van der Waals surface area (Å²) in [5.41, 5.74) is 5.67. The van der Waals surface area contributed by atoms with Gasteiger partial charge in [0, 0.05) is 13.2 Å². The van der Waals surface area contributed by atoms with Gasteiger partial charge in [0.05, 0.1) is 23.1 Å². The van der Waals surface area contributed by atoms with Crippen LogP contribution in [0.25, 0.3) is 0 Å². The third kappa shape index (κ3) is 2.06. The van der Waals surface area contributed by atoms with Gasteiger partial charge in [0.2, 0.25) is 5.91 Å². The number of nitrogens with two attached hydrogens (primary N) is 1. The van der Waals surface area contributed by atoms with Gasteiger partial charge in [-0.05, 0) is 26.2 Å². The van der Waals surface area contributed by atoms with Gasteiger partial charge in [-0.1, -0.05) is 12.2 Å². The molecule has 16 heavy (non-hydrogen) atoms. The van der Waals surface area contributed by atoms with E-state index in [1.54, 1.807) is 0 Å². The van der Waals surface area contributed by atoms with Gasteiger partial charge in [-0.2, -0.15) is 0 Å².